The van der Waals surface area contributed by atoms with E-state index < -0.39 is 0 Å². The molecule has 0 radical (unpaired) electrons. The molecule has 1 saturated carbocycles. The van der Waals surface area contributed by atoms with Gasteiger partial charge in [0, 0.05) is 20.1 Å². The van der Waals surface area contributed by atoms with Gasteiger partial charge in [0.15, 0.2) is 0 Å². The molecule has 0 bridgehead atoms. The second kappa shape index (κ2) is 4.83. The standard InChI is InChI=1S/C13H21BrN4/c1-17-12(15-11(14)16-17)18-9-4-7-13(8-10-18)5-2-3-6-13/h2-10H2,1H3. The van der Waals surface area contributed by atoms with Crippen molar-refractivity contribution in [1.82, 2.24) is 14.8 Å². The normalized spacial score (nSPS) is 23.6. The molecule has 0 atom stereocenters. The van der Waals surface area contributed by atoms with Crippen LogP contribution in [0.3, 0.4) is 0 Å². The highest BCUT2D eigenvalue weighted by Gasteiger charge is 2.35. The summed E-state index contributed by atoms with van der Waals surface area (Å²) in [5.74, 6) is 1.01. The molecule has 0 unspecified atom stereocenters. The van der Waals surface area contributed by atoms with Gasteiger partial charge in [-0.15, -0.1) is 5.10 Å². The van der Waals surface area contributed by atoms with Crippen LogP contribution in [0.25, 0.3) is 0 Å². The van der Waals surface area contributed by atoms with Crippen molar-refractivity contribution in [3.63, 3.8) is 0 Å². The average molecular weight is 313 g/mol. The van der Waals surface area contributed by atoms with Crippen molar-refractivity contribution >= 4 is 21.9 Å². The highest BCUT2D eigenvalue weighted by molar-refractivity contribution is 9.10. The molecule has 2 aliphatic rings. The summed E-state index contributed by atoms with van der Waals surface area (Å²) in [6.45, 7) is 2.26. The molecule has 18 heavy (non-hydrogen) atoms. The van der Waals surface area contributed by atoms with Gasteiger partial charge in [0.1, 0.15) is 0 Å². The fraction of sp³-hybridized carbons (Fsp3) is 0.846. The summed E-state index contributed by atoms with van der Waals surface area (Å²) in [4.78, 5) is 6.89. The fourth-order valence-corrected chi connectivity index (χ4v) is 4.10. The Bertz CT molecular complexity index is 423. The first-order chi connectivity index (χ1) is 8.69. The van der Waals surface area contributed by atoms with E-state index in [1.165, 1.54) is 44.9 Å². The van der Waals surface area contributed by atoms with Gasteiger partial charge in [0.25, 0.3) is 0 Å². The van der Waals surface area contributed by atoms with Gasteiger partial charge in [-0.1, -0.05) is 12.8 Å². The molecule has 1 spiro atoms. The Kier molecular flexibility index (Phi) is 3.34. The number of aromatic nitrogens is 3. The van der Waals surface area contributed by atoms with E-state index in [-0.39, 0.29) is 0 Å². The molecular weight excluding hydrogens is 292 g/mol. The van der Waals surface area contributed by atoms with Crippen molar-refractivity contribution in [2.45, 2.75) is 44.9 Å². The Morgan fingerprint density at radius 2 is 1.78 bits per heavy atom. The first kappa shape index (κ1) is 12.5. The molecule has 5 heteroatoms. The predicted molar refractivity (Wildman–Crippen MR) is 75.7 cm³/mol. The molecule has 1 aromatic heterocycles. The molecule has 2 heterocycles. The zero-order chi connectivity index (χ0) is 12.6. The molecule has 0 amide bonds. The van der Waals surface area contributed by atoms with Gasteiger partial charge in [-0.05, 0) is 53.4 Å². The third kappa shape index (κ3) is 2.29. The largest absolute Gasteiger partial charge is 0.341 e. The van der Waals surface area contributed by atoms with E-state index in [0.717, 1.165) is 19.0 Å². The Hall–Kier alpha value is -0.580. The average Bonchev–Trinajstić information content (AvgIpc) is 2.84. The minimum absolute atomic E-state index is 0.657. The summed E-state index contributed by atoms with van der Waals surface area (Å²) in [5, 5.41) is 4.29. The number of nitrogens with zero attached hydrogens (tertiary/aromatic N) is 4. The maximum Gasteiger partial charge on any atom is 0.224 e. The molecule has 1 saturated heterocycles. The van der Waals surface area contributed by atoms with E-state index in [9.17, 15) is 0 Å². The summed E-state index contributed by atoms with van der Waals surface area (Å²) in [6, 6.07) is 0. The lowest BCUT2D eigenvalue weighted by Gasteiger charge is -2.27. The third-order valence-corrected chi connectivity index (χ3v) is 5.04. The smallest absolute Gasteiger partial charge is 0.224 e. The minimum atomic E-state index is 0.657. The van der Waals surface area contributed by atoms with E-state index in [0.29, 0.717) is 10.1 Å². The van der Waals surface area contributed by atoms with Crippen molar-refractivity contribution in [1.29, 1.82) is 0 Å². The summed E-state index contributed by atoms with van der Waals surface area (Å²) < 4.78 is 2.58. The van der Waals surface area contributed by atoms with Crippen molar-refractivity contribution in [2.24, 2.45) is 12.5 Å². The molecule has 0 N–H and O–H groups in total. The van der Waals surface area contributed by atoms with Crippen LogP contribution < -0.4 is 4.90 Å². The van der Waals surface area contributed by atoms with Gasteiger partial charge in [0.05, 0.1) is 0 Å². The second-order valence-corrected chi connectivity index (χ2v) is 6.56. The lowest BCUT2D eigenvalue weighted by Crippen LogP contribution is -2.28. The lowest BCUT2D eigenvalue weighted by molar-refractivity contribution is 0.262. The van der Waals surface area contributed by atoms with Crippen LogP contribution in [0.5, 0.6) is 0 Å². The molecule has 1 aromatic rings. The van der Waals surface area contributed by atoms with E-state index in [4.69, 9.17) is 0 Å². The molecule has 4 nitrogen and oxygen atoms in total. The van der Waals surface area contributed by atoms with Crippen LogP contribution in [0.15, 0.2) is 4.73 Å². The van der Waals surface area contributed by atoms with Gasteiger partial charge in [-0.25, -0.2) is 4.68 Å². The van der Waals surface area contributed by atoms with E-state index in [1.807, 2.05) is 11.7 Å². The first-order valence-electron chi connectivity index (χ1n) is 7.00. The molecular formula is C13H21BrN4. The van der Waals surface area contributed by atoms with Gasteiger partial charge >= 0.3 is 0 Å². The summed E-state index contributed by atoms with van der Waals surface area (Å²) in [6.07, 6.45) is 9.81. The molecule has 3 rings (SSSR count). The maximum atomic E-state index is 4.49. The Morgan fingerprint density at radius 1 is 1.06 bits per heavy atom. The highest BCUT2D eigenvalue weighted by Crippen LogP contribution is 2.46. The van der Waals surface area contributed by atoms with E-state index in [2.05, 4.69) is 30.9 Å². The van der Waals surface area contributed by atoms with Gasteiger partial charge in [-0.2, -0.15) is 4.98 Å². The van der Waals surface area contributed by atoms with Crippen LogP contribution in [0.4, 0.5) is 5.95 Å². The van der Waals surface area contributed by atoms with Crippen LogP contribution in [-0.2, 0) is 7.05 Å². The van der Waals surface area contributed by atoms with Crippen LogP contribution in [-0.4, -0.2) is 27.9 Å². The molecule has 1 aliphatic carbocycles. The Balaban J connectivity index is 1.74. The van der Waals surface area contributed by atoms with Crippen molar-refractivity contribution in [3.8, 4) is 0 Å². The van der Waals surface area contributed by atoms with Crippen molar-refractivity contribution in [2.75, 3.05) is 18.0 Å². The second-order valence-electron chi connectivity index (χ2n) is 5.85. The fourth-order valence-electron chi connectivity index (χ4n) is 3.70. The van der Waals surface area contributed by atoms with Crippen LogP contribution in [0, 0.1) is 5.41 Å². The summed E-state index contributed by atoms with van der Waals surface area (Å²) >= 11 is 3.36. The van der Waals surface area contributed by atoms with Crippen molar-refractivity contribution in [3.05, 3.63) is 4.73 Å². The van der Waals surface area contributed by atoms with E-state index in [1.54, 1.807) is 0 Å². The molecule has 1 aliphatic heterocycles. The SMILES string of the molecule is Cn1nc(Br)nc1N1CCCC2(CCCC2)CC1. The lowest BCUT2D eigenvalue weighted by atomic mass is 9.79. The van der Waals surface area contributed by atoms with Crippen molar-refractivity contribution < 1.29 is 0 Å². The van der Waals surface area contributed by atoms with Gasteiger partial charge in [0.2, 0.25) is 10.7 Å². The number of aryl methyl sites for hydroxylation is 1. The number of anilines is 1. The van der Waals surface area contributed by atoms with Crippen LogP contribution >= 0.6 is 15.9 Å². The number of hydrogen-bond acceptors (Lipinski definition) is 3. The Morgan fingerprint density at radius 3 is 2.44 bits per heavy atom. The summed E-state index contributed by atoms with van der Waals surface area (Å²) in [7, 11) is 1.98. The number of hydrogen-bond donors (Lipinski definition) is 0. The van der Waals surface area contributed by atoms with Crippen LogP contribution in [0.1, 0.15) is 44.9 Å². The molecule has 0 aromatic carbocycles. The number of halogens is 1. The molecule has 100 valence electrons. The van der Waals surface area contributed by atoms with E-state index >= 15 is 0 Å². The van der Waals surface area contributed by atoms with Crippen LogP contribution in [0.2, 0.25) is 0 Å². The molecule has 2 fully saturated rings. The third-order valence-electron chi connectivity index (χ3n) is 4.71. The zero-order valence-electron chi connectivity index (χ0n) is 11.0. The first-order valence-corrected chi connectivity index (χ1v) is 7.79. The topological polar surface area (TPSA) is 34.0 Å². The maximum absolute atomic E-state index is 4.49. The Labute approximate surface area is 117 Å². The highest BCUT2D eigenvalue weighted by atomic mass is 79.9. The monoisotopic (exact) mass is 312 g/mol. The predicted octanol–water partition coefficient (Wildman–Crippen LogP) is 3.13. The summed E-state index contributed by atoms with van der Waals surface area (Å²) in [5.41, 5.74) is 0.657. The zero-order valence-corrected chi connectivity index (χ0v) is 12.6. The van der Waals surface area contributed by atoms with Gasteiger partial charge < -0.3 is 4.90 Å². The number of rotatable bonds is 1. The quantitative estimate of drug-likeness (QED) is 0.799. The van der Waals surface area contributed by atoms with Gasteiger partial charge in [-0.3, -0.25) is 0 Å². The minimum Gasteiger partial charge on any atom is -0.341 e.